The van der Waals surface area contributed by atoms with Crippen LogP contribution in [0.2, 0.25) is 0 Å². The van der Waals surface area contributed by atoms with Crippen LogP contribution in [0.3, 0.4) is 0 Å². The summed E-state index contributed by atoms with van der Waals surface area (Å²) < 4.78 is 52.7. The van der Waals surface area contributed by atoms with Crippen molar-refractivity contribution in [2.24, 2.45) is 0 Å². The zero-order valence-electron chi connectivity index (χ0n) is 17.3. The van der Waals surface area contributed by atoms with Crippen molar-refractivity contribution >= 4 is 19.7 Å². The summed E-state index contributed by atoms with van der Waals surface area (Å²) in [7, 11) is -7.35. The van der Waals surface area contributed by atoms with Crippen molar-refractivity contribution < 1.29 is 16.8 Å². The Morgan fingerprint density at radius 1 is 0.406 bits per heavy atom. The maximum Gasteiger partial charge on any atom is 0.206 e. The summed E-state index contributed by atoms with van der Waals surface area (Å²) in [5.74, 6) is 0. The first-order chi connectivity index (χ1) is 15.4. The lowest BCUT2D eigenvalue weighted by Gasteiger charge is -2.13. The molecule has 0 radical (unpaired) electrons. The van der Waals surface area contributed by atoms with Crippen LogP contribution >= 0.6 is 0 Å². The highest BCUT2D eigenvalue weighted by molar-refractivity contribution is 7.91. The van der Waals surface area contributed by atoms with Crippen molar-refractivity contribution in [2.45, 2.75) is 32.4 Å². The lowest BCUT2D eigenvalue weighted by molar-refractivity contribution is 0.592. The van der Waals surface area contributed by atoms with Gasteiger partial charge in [0.15, 0.2) is 0 Å². The molecule has 4 rings (SSSR count). The fourth-order valence-electron chi connectivity index (χ4n) is 3.67. The molecule has 6 heteroatoms. The summed E-state index contributed by atoms with van der Waals surface area (Å²) in [6.07, 6.45) is 0.785. The summed E-state index contributed by atoms with van der Waals surface area (Å²) >= 11 is 0. The van der Waals surface area contributed by atoms with E-state index in [-0.39, 0.29) is 19.6 Å². The molecule has 0 bridgehead atoms. The minimum absolute atomic E-state index is 0.236. The summed E-state index contributed by atoms with van der Waals surface area (Å²) in [6.45, 7) is 0. The minimum atomic E-state index is -3.67. The molecule has 0 spiro atoms. The third-order valence-corrected chi connectivity index (χ3v) is 9.04. The van der Waals surface area contributed by atoms with Crippen molar-refractivity contribution in [1.82, 2.24) is 0 Å². The molecule has 4 aromatic carbocycles. The molecule has 4 nitrogen and oxygen atoms in total. The Morgan fingerprint density at radius 3 is 1.09 bits per heavy atom. The molecule has 0 N–H and O–H groups in total. The first kappa shape index (κ1) is 22.0. The largest absolute Gasteiger partial charge is 0.219 e. The van der Waals surface area contributed by atoms with Gasteiger partial charge in [0, 0.05) is 0 Å². The van der Waals surface area contributed by atoms with E-state index in [0.717, 1.165) is 0 Å². The van der Waals surface area contributed by atoms with Crippen LogP contribution in [0.5, 0.6) is 0 Å². The molecular formula is C26H22O4S2. The van der Waals surface area contributed by atoms with Crippen LogP contribution in [-0.4, -0.2) is 16.8 Å². The van der Waals surface area contributed by atoms with Gasteiger partial charge in [-0.25, -0.2) is 16.8 Å². The molecule has 4 aromatic rings. The highest BCUT2D eigenvalue weighted by atomic mass is 32.2. The van der Waals surface area contributed by atoms with Crippen molar-refractivity contribution in [3.05, 3.63) is 120 Å². The second-order valence-corrected chi connectivity index (χ2v) is 11.2. The Morgan fingerprint density at radius 2 is 0.719 bits per heavy atom. The van der Waals surface area contributed by atoms with E-state index in [4.69, 9.17) is 0 Å². The fraction of sp³-hybridized carbons (Fsp3) is 0.0769. The quantitative estimate of drug-likeness (QED) is 0.381. The van der Waals surface area contributed by atoms with Gasteiger partial charge in [-0.05, 0) is 60.4 Å². The lowest BCUT2D eigenvalue weighted by atomic mass is 10.0. The maximum absolute atomic E-state index is 13.2. The SMILES string of the molecule is O=S(=O)(c1ccccc1)c1ccccc1CCc1ccccc1S(=O)(=O)c1ccccc1. The Balaban J connectivity index is 1.68. The Hall–Kier alpha value is -3.22. The second kappa shape index (κ2) is 9.10. The monoisotopic (exact) mass is 462 g/mol. The molecule has 0 aliphatic rings. The molecule has 0 aliphatic heterocycles. The van der Waals surface area contributed by atoms with Gasteiger partial charge in [-0.2, -0.15) is 0 Å². The molecular weight excluding hydrogens is 440 g/mol. The van der Waals surface area contributed by atoms with Crippen LogP contribution in [0, 0.1) is 0 Å². The molecule has 0 amide bonds. The zero-order valence-corrected chi connectivity index (χ0v) is 18.9. The van der Waals surface area contributed by atoms with Crippen molar-refractivity contribution in [1.29, 1.82) is 0 Å². The second-order valence-electron chi connectivity index (χ2n) is 7.35. The standard InChI is InChI=1S/C26H22O4S2/c27-31(28,23-13-3-1-4-14-23)25-17-9-7-11-21(25)19-20-22-12-8-10-18-26(22)32(29,30)24-15-5-2-6-16-24/h1-18H,19-20H2. The first-order valence-electron chi connectivity index (χ1n) is 10.2. The summed E-state index contributed by atoms with van der Waals surface area (Å²) in [6, 6.07) is 30.4. The summed E-state index contributed by atoms with van der Waals surface area (Å²) in [5, 5.41) is 0. The predicted molar refractivity (Wildman–Crippen MR) is 124 cm³/mol. The number of rotatable bonds is 7. The van der Waals surface area contributed by atoms with Gasteiger partial charge in [0.2, 0.25) is 19.7 Å². The molecule has 0 saturated carbocycles. The number of hydrogen-bond acceptors (Lipinski definition) is 4. The highest BCUT2D eigenvalue weighted by Gasteiger charge is 2.23. The number of aryl methyl sites for hydroxylation is 2. The van der Waals surface area contributed by atoms with Gasteiger partial charge in [0.25, 0.3) is 0 Å². The van der Waals surface area contributed by atoms with Gasteiger partial charge in [-0.3, -0.25) is 0 Å². The van der Waals surface area contributed by atoms with Gasteiger partial charge in [-0.15, -0.1) is 0 Å². The summed E-state index contributed by atoms with van der Waals surface area (Å²) in [5.41, 5.74) is 1.31. The molecule has 0 aliphatic carbocycles. The van der Waals surface area contributed by atoms with Crippen LogP contribution in [0.25, 0.3) is 0 Å². The molecule has 0 aromatic heterocycles. The van der Waals surface area contributed by atoms with Gasteiger partial charge in [0.1, 0.15) is 0 Å². The van der Waals surface area contributed by atoms with Crippen LogP contribution in [0.1, 0.15) is 11.1 Å². The van der Waals surface area contributed by atoms with E-state index in [1.54, 1.807) is 109 Å². The Bertz CT molecular complexity index is 1310. The number of hydrogen-bond donors (Lipinski definition) is 0. The van der Waals surface area contributed by atoms with Crippen molar-refractivity contribution in [3.8, 4) is 0 Å². The molecule has 162 valence electrons. The van der Waals surface area contributed by atoms with E-state index in [1.165, 1.54) is 0 Å². The van der Waals surface area contributed by atoms with Crippen LogP contribution in [0.4, 0.5) is 0 Å². The van der Waals surface area contributed by atoms with Crippen molar-refractivity contribution in [2.75, 3.05) is 0 Å². The normalized spacial score (nSPS) is 11.9. The van der Waals surface area contributed by atoms with E-state index >= 15 is 0 Å². The fourth-order valence-corrected chi connectivity index (χ4v) is 6.75. The summed E-state index contributed by atoms with van der Waals surface area (Å²) in [4.78, 5) is 0.961. The topological polar surface area (TPSA) is 68.3 Å². The predicted octanol–water partition coefficient (Wildman–Crippen LogP) is 5.14. The highest BCUT2D eigenvalue weighted by Crippen LogP contribution is 2.28. The van der Waals surface area contributed by atoms with Gasteiger partial charge in [-0.1, -0.05) is 72.8 Å². The van der Waals surface area contributed by atoms with Gasteiger partial charge < -0.3 is 0 Å². The zero-order chi connectivity index (χ0) is 22.6. The molecule has 0 atom stereocenters. The minimum Gasteiger partial charge on any atom is -0.219 e. The third kappa shape index (κ3) is 4.38. The Kier molecular flexibility index (Phi) is 6.26. The lowest BCUT2D eigenvalue weighted by Crippen LogP contribution is -2.09. The average Bonchev–Trinajstić information content (AvgIpc) is 2.84. The van der Waals surface area contributed by atoms with Gasteiger partial charge >= 0.3 is 0 Å². The third-order valence-electron chi connectivity index (χ3n) is 5.29. The van der Waals surface area contributed by atoms with E-state index in [0.29, 0.717) is 24.0 Å². The molecule has 0 fully saturated rings. The van der Waals surface area contributed by atoms with E-state index in [9.17, 15) is 16.8 Å². The van der Waals surface area contributed by atoms with E-state index in [2.05, 4.69) is 0 Å². The average molecular weight is 463 g/mol. The van der Waals surface area contributed by atoms with Crippen LogP contribution < -0.4 is 0 Å². The Labute approximate surface area is 189 Å². The number of benzene rings is 4. The molecule has 0 heterocycles. The van der Waals surface area contributed by atoms with Crippen LogP contribution in [0.15, 0.2) is 129 Å². The maximum atomic E-state index is 13.2. The number of sulfone groups is 2. The van der Waals surface area contributed by atoms with Crippen molar-refractivity contribution in [3.63, 3.8) is 0 Å². The molecule has 32 heavy (non-hydrogen) atoms. The molecule has 0 saturated heterocycles. The smallest absolute Gasteiger partial charge is 0.206 e. The molecule has 0 unspecified atom stereocenters. The van der Waals surface area contributed by atoms with Crippen LogP contribution in [-0.2, 0) is 32.5 Å². The first-order valence-corrected chi connectivity index (χ1v) is 13.1. The van der Waals surface area contributed by atoms with E-state index < -0.39 is 19.7 Å². The van der Waals surface area contributed by atoms with E-state index in [1.807, 2.05) is 0 Å². The van der Waals surface area contributed by atoms with Gasteiger partial charge in [0.05, 0.1) is 19.6 Å².